The van der Waals surface area contributed by atoms with Crippen LogP contribution in [-0.2, 0) is 4.79 Å². The van der Waals surface area contributed by atoms with E-state index in [-0.39, 0.29) is 24.3 Å². The van der Waals surface area contributed by atoms with Crippen LogP contribution in [0.2, 0.25) is 5.02 Å². The summed E-state index contributed by atoms with van der Waals surface area (Å²) in [6.07, 6.45) is 2.35. The minimum absolute atomic E-state index is 0.0748. The van der Waals surface area contributed by atoms with E-state index in [2.05, 4.69) is 5.32 Å². The molecule has 1 saturated heterocycles. The number of hydrogen-bond donors (Lipinski definition) is 1. The van der Waals surface area contributed by atoms with E-state index in [0.717, 1.165) is 31.5 Å². The van der Waals surface area contributed by atoms with Gasteiger partial charge >= 0.3 is 0 Å². The molecule has 0 radical (unpaired) electrons. The number of nitrogens with zero attached hydrogens (tertiary/aromatic N) is 1. The molecule has 3 rings (SSSR count). The van der Waals surface area contributed by atoms with Gasteiger partial charge in [0, 0.05) is 13.1 Å². The standard InChI is InChI=1S/C20H21ClN2O2/c21-17-11-5-4-10-16(17)20(25)22-18(15-8-2-1-3-9-15)14-19(24)23-12-6-7-13-23/h1-5,8-11,18H,6-7,12-14H2,(H,22,25). The van der Waals surface area contributed by atoms with E-state index in [1.807, 2.05) is 35.2 Å². The second kappa shape index (κ2) is 8.17. The van der Waals surface area contributed by atoms with Gasteiger partial charge in [0.1, 0.15) is 0 Å². The monoisotopic (exact) mass is 356 g/mol. The molecule has 1 atom stereocenters. The van der Waals surface area contributed by atoms with Gasteiger partial charge in [0.15, 0.2) is 0 Å². The number of rotatable bonds is 5. The maximum Gasteiger partial charge on any atom is 0.253 e. The maximum absolute atomic E-state index is 12.6. The highest BCUT2D eigenvalue weighted by atomic mass is 35.5. The summed E-state index contributed by atoms with van der Waals surface area (Å²) >= 11 is 6.12. The Labute approximate surface area is 152 Å². The zero-order chi connectivity index (χ0) is 17.6. The molecular weight excluding hydrogens is 336 g/mol. The van der Waals surface area contributed by atoms with Gasteiger partial charge < -0.3 is 10.2 Å². The summed E-state index contributed by atoms with van der Waals surface area (Å²) < 4.78 is 0. The lowest BCUT2D eigenvalue weighted by Crippen LogP contribution is -2.35. The lowest BCUT2D eigenvalue weighted by atomic mass is 10.0. The Balaban J connectivity index is 1.78. The molecule has 1 unspecified atom stereocenters. The largest absolute Gasteiger partial charge is 0.345 e. The van der Waals surface area contributed by atoms with Crippen LogP contribution in [0, 0.1) is 0 Å². The van der Waals surface area contributed by atoms with Crippen molar-refractivity contribution in [2.75, 3.05) is 13.1 Å². The molecule has 130 valence electrons. The first kappa shape index (κ1) is 17.5. The molecule has 4 nitrogen and oxygen atoms in total. The van der Waals surface area contributed by atoms with Gasteiger partial charge in [-0.25, -0.2) is 0 Å². The number of likely N-dealkylation sites (tertiary alicyclic amines) is 1. The van der Waals surface area contributed by atoms with Crippen molar-refractivity contribution in [1.82, 2.24) is 10.2 Å². The van der Waals surface area contributed by atoms with Gasteiger partial charge in [0.2, 0.25) is 5.91 Å². The zero-order valence-corrected chi connectivity index (χ0v) is 14.7. The van der Waals surface area contributed by atoms with Gasteiger partial charge in [-0.1, -0.05) is 54.1 Å². The van der Waals surface area contributed by atoms with Crippen molar-refractivity contribution in [3.8, 4) is 0 Å². The Kier molecular flexibility index (Phi) is 5.71. The molecule has 25 heavy (non-hydrogen) atoms. The van der Waals surface area contributed by atoms with Crippen molar-refractivity contribution in [3.63, 3.8) is 0 Å². The van der Waals surface area contributed by atoms with Crippen molar-refractivity contribution in [2.24, 2.45) is 0 Å². The molecule has 1 aliphatic rings. The van der Waals surface area contributed by atoms with Crippen molar-refractivity contribution < 1.29 is 9.59 Å². The van der Waals surface area contributed by atoms with Gasteiger partial charge in [-0.15, -0.1) is 0 Å². The van der Waals surface area contributed by atoms with Gasteiger partial charge in [0.25, 0.3) is 5.91 Å². The summed E-state index contributed by atoms with van der Waals surface area (Å²) in [6, 6.07) is 16.1. The van der Waals surface area contributed by atoms with Gasteiger partial charge in [-0.05, 0) is 30.5 Å². The first-order chi connectivity index (χ1) is 12.1. The van der Waals surface area contributed by atoms with Crippen LogP contribution >= 0.6 is 11.6 Å². The fraction of sp³-hybridized carbons (Fsp3) is 0.300. The molecule has 0 aliphatic carbocycles. The number of hydrogen-bond acceptors (Lipinski definition) is 2. The van der Waals surface area contributed by atoms with Gasteiger partial charge in [0.05, 0.1) is 23.0 Å². The van der Waals surface area contributed by atoms with E-state index >= 15 is 0 Å². The van der Waals surface area contributed by atoms with Crippen LogP contribution in [-0.4, -0.2) is 29.8 Å². The minimum atomic E-state index is -0.377. The highest BCUT2D eigenvalue weighted by Crippen LogP contribution is 2.22. The lowest BCUT2D eigenvalue weighted by Gasteiger charge is -2.22. The summed E-state index contributed by atoms with van der Waals surface area (Å²) in [5, 5.41) is 3.37. The van der Waals surface area contributed by atoms with Crippen LogP contribution in [0.25, 0.3) is 0 Å². The number of amides is 2. The molecule has 2 aromatic rings. The van der Waals surface area contributed by atoms with E-state index < -0.39 is 0 Å². The van der Waals surface area contributed by atoms with Crippen LogP contribution in [0.3, 0.4) is 0 Å². The van der Waals surface area contributed by atoms with E-state index in [0.29, 0.717) is 10.6 Å². The summed E-state index contributed by atoms with van der Waals surface area (Å²) in [6.45, 7) is 1.61. The summed E-state index contributed by atoms with van der Waals surface area (Å²) in [4.78, 5) is 27.1. The SMILES string of the molecule is O=C(NC(CC(=O)N1CCCC1)c1ccccc1)c1ccccc1Cl. The van der Waals surface area contributed by atoms with Gasteiger partial charge in [-0.3, -0.25) is 9.59 Å². The molecule has 0 saturated carbocycles. The van der Waals surface area contributed by atoms with Crippen LogP contribution in [0.15, 0.2) is 54.6 Å². The minimum Gasteiger partial charge on any atom is -0.345 e. The molecule has 5 heteroatoms. The third-order valence-corrected chi connectivity index (χ3v) is 4.79. The molecule has 0 bridgehead atoms. The van der Waals surface area contributed by atoms with Crippen LogP contribution < -0.4 is 5.32 Å². The molecule has 2 amide bonds. The van der Waals surface area contributed by atoms with Crippen LogP contribution in [0.4, 0.5) is 0 Å². The first-order valence-electron chi connectivity index (χ1n) is 8.53. The number of benzene rings is 2. The molecule has 0 spiro atoms. The number of carbonyl (C=O) groups is 2. The molecule has 0 aromatic heterocycles. The molecule has 1 heterocycles. The van der Waals surface area contributed by atoms with Crippen molar-refractivity contribution in [2.45, 2.75) is 25.3 Å². The van der Waals surface area contributed by atoms with Crippen LogP contribution in [0.5, 0.6) is 0 Å². The third kappa shape index (κ3) is 4.40. The van der Waals surface area contributed by atoms with E-state index in [1.165, 1.54) is 0 Å². The highest BCUT2D eigenvalue weighted by molar-refractivity contribution is 6.33. The summed E-state index contributed by atoms with van der Waals surface area (Å²) in [7, 11) is 0. The van der Waals surface area contributed by atoms with Crippen molar-refractivity contribution in [3.05, 3.63) is 70.7 Å². The smallest absolute Gasteiger partial charge is 0.253 e. The Hall–Kier alpha value is -2.33. The highest BCUT2D eigenvalue weighted by Gasteiger charge is 2.24. The zero-order valence-electron chi connectivity index (χ0n) is 14.0. The quantitative estimate of drug-likeness (QED) is 0.885. The molecular formula is C20H21ClN2O2. The summed E-state index contributed by atoms with van der Waals surface area (Å²) in [5.74, 6) is -0.195. The normalized spacial score (nSPS) is 15.0. The average molecular weight is 357 g/mol. The van der Waals surface area contributed by atoms with Gasteiger partial charge in [-0.2, -0.15) is 0 Å². The topological polar surface area (TPSA) is 49.4 Å². The fourth-order valence-corrected chi connectivity index (χ4v) is 3.31. The number of nitrogens with one attached hydrogen (secondary N) is 1. The molecule has 1 aliphatic heterocycles. The predicted molar refractivity (Wildman–Crippen MR) is 98.5 cm³/mol. The Morgan fingerprint density at radius 3 is 2.32 bits per heavy atom. The van der Waals surface area contributed by atoms with Crippen LogP contribution in [0.1, 0.15) is 41.2 Å². The number of carbonyl (C=O) groups excluding carboxylic acids is 2. The van der Waals surface area contributed by atoms with Crippen molar-refractivity contribution in [1.29, 1.82) is 0 Å². The van der Waals surface area contributed by atoms with Crippen molar-refractivity contribution >= 4 is 23.4 Å². The van der Waals surface area contributed by atoms with E-state index in [1.54, 1.807) is 24.3 Å². The Morgan fingerprint density at radius 1 is 1.00 bits per heavy atom. The molecule has 2 aromatic carbocycles. The van der Waals surface area contributed by atoms with E-state index in [9.17, 15) is 9.59 Å². The number of halogens is 1. The molecule has 1 N–H and O–H groups in total. The maximum atomic E-state index is 12.6. The third-order valence-electron chi connectivity index (χ3n) is 4.46. The van der Waals surface area contributed by atoms with E-state index in [4.69, 9.17) is 11.6 Å². The second-order valence-corrected chi connectivity index (χ2v) is 6.62. The predicted octanol–water partition coefficient (Wildman–Crippen LogP) is 3.82. The summed E-state index contributed by atoms with van der Waals surface area (Å²) in [5.41, 5.74) is 1.33. The molecule has 1 fully saturated rings. The second-order valence-electron chi connectivity index (χ2n) is 6.21. The fourth-order valence-electron chi connectivity index (χ4n) is 3.09. The Morgan fingerprint density at radius 2 is 1.64 bits per heavy atom. The Bertz CT molecular complexity index is 742. The average Bonchev–Trinajstić information content (AvgIpc) is 3.17. The lowest BCUT2D eigenvalue weighted by molar-refractivity contribution is -0.130. The first-order valence-corrected chi connectivity index (χ1v) is 8.91.